The van der Waals surface area contributed by atoms with E-state index in [4.69, 9.17) is 4.74 Å². The molecule has 1 rings (SSSR count). The molecule has 2 atom stereocenters. The van der Waals surface area contributed by atoms with Gasteiger partial charge in [-0.15, -0.1) is 0 Å². The average molecular weight is 283 g/mol. The standard InChI is InChI=1S/C15H22FNO3/c1-4-5-10(2)17-15(19)9-20-14-7-6-12(11(3)18)8-13(14)16/h6-8,10-11,18H,4-5,9H2,1-3H3,(H,17,19). The van der Waals surface area contributed by atoms with Crippen molar-refractivity contribution in [1.29, 1.82) is 0 Å². The lowest BCUT2D eigenvalue weighted by atomic mass is 10.1. The number of aliphatic hydroxyl groups excluding tert-OH is 1. The molecule has 0 aromatic heterocycles. The predicted octanol–water partition coefficient (Wildman–Crippen LogP) is 2.56. The average Bonchev–Trinajstić information content (AvgIpc) is 2.37. The summed E-state index contributed by atoms with van der Waals surface area (Å²) >= 11 is 0. The van der Waals surface area contributed by atoms with E-state index >= 15 is 0 Å². The fourth-order valence-corrected chi connectivity index (χ4v) is 1.86. The zero-order valence-corrected chi connectivity index (χ0v) is 12.1. The summed E-state index contributed by atoms with van der Waals surface area (Å²) in [6, 6.07) is 4.27. The minimum absolute atomic E-state index is 0.00712. The molecule has 4 nitrogen and oxygen atoms in total. The van der Waals surface area contributed by atoms with Crippen LogP contribution in [0, 0.1) is 5.82 Å². The maximum atomic E-state index is 13.7. The molecule has 0 heterocycles. The van der Waals surface area contributed by atoms with Gasteiger partial charge in [-0.05, 0) is 38.0 Å². The van der Waals surface area contributed by atoms with E-state index < -0.39 is 11.9 Å². The molecule has 0 fully saturated rings. The Morgan fingerprint density at radius 2 is 2.15 bits per heavy atom. The number of carbonyl (C=O) groups is 1. The Bertz CT molecular complexity index is 449. The summed E-state index contributed by atoms with van der Waals surface area (Å²) in [6.45, 7) is 5.29. The van der Waals surface area contributed by atoms with Crippen molar-refractivity contribution in [3.05, 3.63) is 29.6 Å². The van der Waals surface area contributed by atoms with Crippen LogP contribution in [0.4, 0.5) is 4.39 Å². The number of carbonyl (C=O) groups excluding carboxylic acids is 1. The third-order valence-corrected chi connectivity index (χ3v) is 2.93. The smallest absolute Gasteiger partial charge is 0.258 e. The molecule has 20 heavy (non-hydrogen) atoms. The monoisotopic (exact) mass is 283 g/mol. The molecule has 0 bridgehead atoms. The van der Waals surface area contributed by atoms with Crippen LogP contribution in [0.25, 0.3) is 0 Å². The molecule has 1 amide bonds. The number of rotatable bonds is 7. The SMILES string of the molecule is CCCC(C)NC(=O)COc1ccc(C(C)O)cc1F. The molecule has 0 saturated heterocycles. The zero-order valence-electron chi connectivity index (χ0n) is 12.1. The molecule has 1 aromatic rings. The summed E-state index contributed by atoms with van der Waals surface area (Å²) in [4.78, 5) is 11.6. The highest BCUT2D eigenvalue weighted by Crippen LogP contribution is 2.21. The predicted molar refractivity (Wildman–Crippen MR) is 75.0 cm³/mol. The van der Waals surface area contributed by atoms with E-state index in [1.165, 1.54) is 12.1 Å². The Hall–Kier alpha value is -1.62. The van der Waals surface area contributed by atoms with Crippen LogP contribution in [-0.2, 0) is 4.79 Å². The number of hydrogen-bond donors (Lipinski definition) is 2. The first kappa shape index (κ1) is 16.4. The first-order valence-electron chi connectivity index (χ1n) is 6.83. The highest BCUT2D eigenvalue weighted by Gasteiger charge is 2.11. The topological polar surface area (TPSA) is 58.6 Å². The minimum Gasteiger partial charge on any atom is -0.481 e. The van der Waals surface area contributed by atoms with E-state index in [0.717, 1.165) is 12.8 Å². The molecule has 112 valence electrons. The summed E-state index contributed by atoms with van der Waals surface area (Å²) in [5.74, 6) is -0.851. The van der Waals surface area contributed by atoms with Crippen LogP contribution in [-0.4, -0.2) is 23.7 Å². The highest BCUT2D eigenvalue weighted by atomic mass is 19.1. The first-order valence-corrected chi connectivity index (χ1v) is 6.83. The van der Waals surface area contributed by atoms with Crippen LogP contribution in [0.3, 0.4) is 0 Å². The van der Waals surface area contributed by atoms with Gasteiger partial charge in [0.15, 0.2) is 18.2 Å². The van der Waals surface area contributed by atoms with E-state index in [-0.39, 0.29) is 24.3 Å². The van der Waals surface area contributed by atoms with Crippen molar-refractivity contribution < 1.29 is 19.0 Å². The van der Waals surface area contributed by atoms with Crippen molar-refractivity contribution in [1.82, 2.24) is 5.32 Å². The summed E-state index contributed by atoms with van der Waals surface area (Å²) in [6.07, 6.45) is 1.14. The minimum atomic E-state index is -0.739. The molecule has 0 spiro atoms. The van der Waals surface area contributed by atoms with Crippen LogP contribution in [0.15, 0.2) is 18.2 Å². The summed E-state index contributed by atoms with van der Waals surface area (Å²) in [5, 5.41) is 12.1. The van der Waals surface area contributed by atoms with Gasteiger partial charge >= 0.3 is 0 Å². The van der Waals surface area contributed by atoms with E-state index in [2.05, 4.69) is 5.32 Å². The lowest BCUT2D eigenvalue weighted by Crippen LogP contribution is -2.36. The second-order valence-corrected chi connectivity index (χ2v) is 4.91. The molecule has 2 N–H and O–H groups in total. The molecule has 2 unspecified atom stereocenters. The molecule has 0 aliphatic rings. The summed E-state index contributed by atoms with van der Waals surface area (Å²) < 4.78 is 18.8. The van der Waals surface area contributed by atoms with Gasteiger partial charge in [0.05, 0.1) is 6.10 Å². The highest BCUT2D eigenvalue weighted by molar-refractivity contribution is 5.77. The second kappa shape index (κ2) is 7.85. The number of hydrogen-bond acceptors (Lipinski definition) is 3. The molecular formula is C15H22FNO3. The second-order valence-electron chi connectivity index (χ2n) is 4.91. The lowest BCUT2D eigenvalue weighted by molar-refractivity contribution is -0.123. The molecular weight excluding hydrogens is 261 g/mol. The van der Waals surface area contributed by atoms with E-state index in [0.29, 0.717) is 5.56 Å². The van der Waals surface area contributed by atoms with Crippen molar-refractivity contribution >= 4 is 5.91 Å². The number of nitrogens with one attached hydrogen (secondary N) is 1. The molecule has 5 heteroatoms. The molecule has 0 aliphatic carbocycles. The van der Waals surface area contributed by atoms with Crippen molar-refractivity contribution in [2.75, 3.05) is 6.61 Å². The maximum Gasteiger partial charge on any atom is 0.258 e. The van der Waals surface area contributed by atoms with Crippen LogP contribution < -0.4 is 10.1 Å². The zero-order chi connectivity index (χ0) is 15.1. The van der Waals surface area contributed by atoms with Gasteiger partial charge in [0.1, 0.15) is 0 Å². The van der Waals surface area contributed by atoms with Crippen LogP contribution in [0.2, 0.25) is 0 Å². The number of ether oxygens (including phenoxy) is 1. The molecule has 0 radical (unpaired) electrons. The van der Waals surface area contributed by atoms with Gasteiger partial charge < -0.3 is 15.2 Å². The van der Waals surface area contributed by atoms with Gasteiger partial charge in [-0.1, -0.05) is 19.4 Å². The normalized spacial score (nSPS) is 13.7. The van der Waals surface area contributed by atoms with E-state index in [1.54, 1.807) is 13.0 Å². The fraction of sp³-hybridized carbons (Fsp3) is 0.533. The van der Waals surface area contributed by atoms with Crippen molar-refractivity contribution in [3.8, 4) is 5.75 Å². The maximum absolute atomic E-state index is 13.7. The van der Waals surface area contributed by atoms with Crippen LogP contribution in [0.5, 0.6) is 5.75 Å². The van der Waals surface area contributed by atoms with Gasteiger partial charge in [0, 0.05) is 6.04 Å². The lowest BCUT2D eigenvalue weighted by Gasteiger charge is -2.14. The van der Waals surface area contributed by atoms with Crippen molar-refractivity contribution in [2.45, 2.75) is 45.8 Å². The van der Waals surface area contributed by atoms with Crippen molar-refractivity contribution in [3.63, 3.8) is 0 Å². The van der Waals surface area contributed by atoms with Gasteiger partial charge in [0.25, 0.3) is 5.91 Å². The molecule has 1 aromatic carbocycles. The number of amides is 1. The molecule has 0 aliphatic heterocycles. The first-order chi connectivity index (χ1) is 9.43. The largest absolute Gasteiger partial charge is 0.481 e. The fourth-order valence-electron chi connectivity index (χ4n) is 1.86. The van der Waals surface area contributed by atoms with Gasteiger partial charge in [-0.2, -0.15) is 0 Å². The number of aliphatic hydroxyl groups is 1. The third kappa shape index (κ3) is 5.17. The quantitative estimate of drug-likeness (QED) is 0.808. The Balaban J connectivity index is 2.51. The Morgan fingerprint density at radius 1 is 1.45 bits per heavy atom. The Kier molecular flexibility index (Phi) is 6.45. The number of benzene rings is 1. The van der Waals surface area contributed by atoms with Gasteiger partial charge in [-0.25, -0.2) is 4.39 Å². The Morgan fingerprint density at radius 3 is 2.70 bits per heavy atom. The van der Waals surface area contributed by atoms with Crippen LogP contribution >= 0.6 is 0 Å². The number of halogens is 1. The van der Waals surface area contributed by atoms with Crippen LogP contribution in [0.1, 0.15) is 45.3 Å². The third-order valence-electron chi connectivity index (χ3n) is 2.93. The summed E-state index contributed by atoms with van der Waals surface area (Å²) in [7, 11) is 0. The van der Waals surface area contributed by atoms with Gasteiger partial charge in [-0.3, -0.25) is 4.79 Å². The summed E-state index contributed by atoms with van der Waals surface area (Å²) in [5.41, 5.74) is 0.468. The van der Waals surface area contributed by atoms with Crippen molar-refractivity contribution in [2.24, 2.45) is 0 Å². The van der Waals surface area contributed by atoms with E-state index in [9.17, 15) is 14.3 Å². The molecule has 0 saturated carbocycles. The van der Waals surface area contributed by atoms with E-state index in [1.807, 2.05) is 13.8 Å². The Labute approximate surface area is 119 Å². The van der Waals surface area contributed by atoms with Gasteiger partial charge in [0.2, 0.25) is 0 Å².